The van der Waals surface area contributed by atoms with Crippen molar-refractivity contribution in [3.05, 3.63) is 50.7 Å². The average Bonchev–Trinajstić information content (AvgIpc) is 3.39. The van der Waals surface area contributed by atoms with Crippen LogP contribution in [-0.4, -0.2) is 65.7 Å². The van der Waals surface area contributed by atoms with Crippen LogP contribution in [0.2, 0.25) is 5.02 Å². The highest BCUT2D eigenvalue weighted by atomic mass is 35.5. The Morgan fingerprint density at radius 1 is 1.25 bits per heavy atom. The third-order valence-corrected chi connectivity index (χ3v) is 7.17. The molecule has 2 unspecified atom stereocenters. The van der Waals surface area contributed by atoms with E-state index in [1.165, 1.54) is 6.20 Å². The minimum atomic E-state index is -4.70. The molecule has 0 aliphatic carbocycles. The second-order valence-electron chi connectivity index (χ2n) is 8.94. The fraction of sp³-hybridized carbons (Fsp3) is 0.480. The molecule has 2 heterocycles. The summed E-state index contributed by atoms with van der Waals surface area (Å²) in [5, 5.41) is 8.23. The maximum atomic E-state index is 13.1. The normalized spacial score (nSPS) is 14.0. The Labute approximate surface area is 240 Å². The van der Waals surface area contributed by atoms with Crippen molar-refractivity contribution in [2.75, 3.05) is 32.0 Å². The van der Waals surface area contributed by atoms with Crippen LogP contribution in [0.4, 0.5) is 19.0 Å². The number of nitrogens with two attached hydrogens (primary N) is 1. The van der Waals surface area contributed by atoms with Crippen molar-refractivity contribution in [3.8, 4) is 0 Å². The minimum Gasteiger partial charge on any atom is -0.390 e. The Hall–Kier alpha value is -3.07. The standard InChI is InChI=1S/C25H34ClF3N8O2S/c1-5-37(4)9-7-6-8-31-15(2)10-19(34-14-30)22(38)35-16(3)24-33-13-20(40-24)23(39)36-21-11-17(25(27,28)29)18(26)12-32-21/h10-16,31H,5-9H2,1-4H3,(H2,30,34)(H,35,38)(H,32,36,39)/b19-10-. The molecule has 15 heteroatoms. The van der Waals surface area contributed by atoms with E-state index in [1.807, 2.05) is 6.92 Å². The fourth-order valence-electron chi connectivity index (χ4n) is 3.38. The Bertz CT molecular complexity index is 1200. The van der Waals surface area contributed by atoms with E-state index >= 15 is 0 Å². The highest BCUT2D eigenvalue weighted by Crippen LogP contribution is 2.35. The number of alkyl halides is 3. The number of hydrogen-bond donors (Lipinski definition) is 4. The van der Waals surface area contributed by atoms with Crippen molar-refractivity contribution < 1.29 is 22.8 Å². The zero-order valence-corrected chi connectivity index (χ0v) is 24.3. The molecule has 0 radical (unpaired) electrons. The van der Waals surface area contributed by atoms with Crippen molar-refractivity contribution in [1.29, 1.82) is 0 Å². The lowest BCUT2D eigenvalue weighted by Crippen LogP contribution is -2.31. The number of aliphatic imine (C=N–C) groups is 1. The molecule has 40 heavy (non-hydrogen) atoms. The van der Waals surface area contributed by atoms with Crippen LogP contribution in [0.1, 0.15) is 59.9 Å². The quantitative estimate of drug-likeness (QED) is 0.110. The zero-order valence-electron chi connectivity index (χ0n) is 22.7. The minimum absolute atomic E-state index is 0.111. The molecule has 2 rings (SSSR count). The fourth-order valence-corrected chi connectivity index (χ4v) is 4.40. The predicted octanol–water partition coefficient (Wildman–Crippen LogP) is 4.22. The first kappa shape index (κ1) is 33.1. The number of rotatable bonds is 14. The largest absolute Gasteiger partial charge is 0.418 e. The Morgan fingerprint density at radius 3 is 2.62 bits per heavy atom. The van der Waals surface area contributed by atoms with E-state index in [-0.39, 0.29) is 22.4 Å². The van der Waals surface area contributed by atoms with Crippen molar-refractivity contribution >= 4 is 46.9 Å². The van der Waals surface area contributed by atoms with E-state index in [4.69, 9.17) is 17.3 Å². The van der Waals surface area contributed by atoms with E-state index in [0.717, 1.165) is 56.3 Å². The second kappa shape index (κ2) is 15.6. The van der Waals surface area contributed by atoms with Gasteiger partial charge in [-0.3, -0.25) is 9.59 Å². The van der Waals surface area contributed by atoms with E-state index in [2.05, 4.69) is 49.8 Å². The molecule has 5 N–H and O–H groups in total. The number of nitrogens with zero attached hydrogens (tertiary/aromatic N) is 4. The van der Waals surface area contributed by atoms with Gasteiger partial charge in [0.05, 0.1) is 29.2 Å². The molecule has 220 valence electrons. The molecule has 0 spiro atoms. The molecule has 0 aromatic carbocycles. The molecular weight excluding hydrogens is 569 g/mol. The summed E-state index contributed by atoms with van der Waals surface area (Å²) in [6, 6.07) is -0.0875. The van der Waals surface area contributed by atoms with E-state index in [0.29, 0.717) is 11.1 Å². The lowest BCUT2D eigenvalue weighted by molar-refractivity contribution is -0.137. The number of halogens is 4. The van der Waals surface area contributed by atoms with Crippen LogP contribution in [-0.2, 0) is 11.0 Å². The monoisotopic (exact) mass is 602 g/mol. The van der Waals surface area contributed by atoms with Gasteiger partial charge in [-0.15, -0.1) is 11.3 Å². The number of pyridine rings is 1. The van der Waals surface area contributed by atoms with Gasteiger partial charge < -0.3 is 26.6 Å². The topological polar surface area (TPSA) is 138 Å². The molecule has 2 atom stereocenters. The summed E-state index contributed by atoms with van der Waals surface area (Å²) in [5.74, 6) is -1.51. The van der Waals surface area contributed by atoms with Crippen LogP contribution in [0.15, 0.2) is 35.2 Å². The molecular formula is C25H34ClF3N8O2S. The third-order valence-electron chi connectivity index (χ3n) is 5.69. The first-order chi connectivity index (χ1) is 18.8. The van der Waals surface area contributed by atoms with Crippen LogP contribution in [0.5, 0.6) is 0 Å². The summed E-state index contributed by atoms with van der Waals surface area (Å²) < 4.78 is 39.3. The number of carbonyl (C=O) groups excluding carboxylic acids is 2. The summed E-state index contributed by atoms with van der Waals surface area (Å²) in [7, 11) is 2.08. The van der Waals surface area contributed by atoms with Crippen LogP contribution < -0.4 is 21.7 Å². The molecule has 10 nitrogen and oxygen atoms in total. The maximum absolute atomic E-state index is 13.1. The molecule has 0 aliphatic heterocycles. The van der Waals surface area contributed by atoms with Crippen LogP contribution in [0, 0.1) is 0 Å². The van der Waals surface area contributed by atoms with Crippen LogP contribution in [0.25, 0.3) is 0 Å². The smallest absolute Gasteiger partial charge is 0.390 e. The average molecular weight is 603 g/mol. The molecule has 0 bridgehead atoms. The second-order valence-corrected chi connectivity index (χ2v) is 10.4. The summed E-state index contributed by atoms with van der Waals surface area (Å²) in [6.07, 6.45) is 2.11. The highest BCUT2D eigenvalue weighted by molar-refractivity contribution is 7.13. The van der Waals surface area contributed by atoms with Gasteiger partial charge in [0.15, 0.2) is 0 Å². The van der Waals surface area contributed by atoms with Crippen LogP contribution >= 0.6 is 22.9 Å². The van der Waals surface area contributed by atoms with Gasteiger partial charge in [0.2, 0.25) is 0 Å². The number of unbranched alkanes of at least 4 members (excludes halogenated alkanes) is 1. The molecule has 2 amide bonds. The van der Waals surface area contributed by atoms with Gasteiger partial charge in [0.1, 0.15) is 21.4 Å². The lowest BCUT2D eigenvalue weighted by Gasteiger charge is -2.15. The van der Waals surface area contributed by atoms with Crippen molar-refractivity contribution in [2.24, 2.45) is 10.7 Å². The van der Waals surface area contributed by atoms with E-state index < -0.39 is 34.6 Å². The van der Waals surface area contributed by atoms with Gasteiger partial charge >= 0.3 is 6.18 Å². The number of anilines is 1. The van der Waals surface area contributed by atoms with E-state index in [9.17, 15) is 22.8 Å². The SMILES string of the molecule is CCN(C)CCCCNC(C)/C=C(\N=C/N)C(=O)NC(C)c1ncc(C(=O)Nc2cc(C(F)(F)F)c(Cl)cn2)s1. The number of nitrogens with one attached hydrogen (secondary N) is 3. The molecule has 0 fully saturated rings. The van der Waals surface area contributed by atoms with Gasteiger partial charge in [-0.2, -0.15) is 13.2 Å². The molecule has 2 aromatic rings. The summed E-state index contributed by atoms with van der Waals surface area (Å²) in [6.45, 7) is 8.48. The van der Waals surface area contributed by atoms with E-state index in [1.54, 1.807) is 13.0 Å². The van der Waals surface area contributed by atoms with Gasteiger partial charge in [-0.05, 0) is 65.5 Å². The van der Waals surface area contributed by atoms with Gasteiger partial charge in [-0.25, -0.2) is 15.0 Å². The molecule has 2 aromatic heterocycles. The van der Waals surface area contributed by atoms with Crippen molar-refractivity contribution in [1.82, 2.24) is 25.5 Å². The number of aromatic nitrogens is 2. The van der Waals surface area contributed by atoms with Crippen molar-refractivity contribution in [3.63, 3.8) is 0 Å². The predicted molar refractivity (Wildman–Crippen MR) is 152 cm³/mol. The maximum Gasteiger partial charge on any atom is 0.418 e. The molecule has 0 saturated carbocycles. The van der Waals surface area contributed by atoms with Crippen molar-refractivity contribution in [2.45, 2.75) is 51.9 Å². The Morgan fingerprint density at radius 2 is 1.98 bits per heavy atom. The number of carbonyl (C=O) groups is 2. The third kappa shape index (κ3) is 10.5. The summed E-state index contributed by atoms with van der Waals surface area (Å²) >= 11 is 6.54. The molecule has 0 aliphatic rings. The number of hydrogen-bond acceptors (Lipinski definition) is 8. The number of thiazole rings is 1. The lowest BCUT2D eigenvalue weighted by atomic mass is 10.2. The molecule has 0 saturated heterocycles. The van der Waals surface area contributed by atoms with Gasteiger partial charge in [0, 0.05) is 12.2 Å². The Kier molecular flexibility index (Phi) is 13.0. The van der Waals surface area contributed by atoms with Gasteiger partial charge in [-0.1, -0.05) is 18.5 Å². The summed E-state index contributed by atoms with van der Waals surface area (Å²) in [5.41, 5.74) is 4.44. The van der Waals surface area contributed by atoms with Crippen LogP contribution in [0.3, 0.4) is 0 Å². The summed E-state index contributed by atoms with van der Waals surface area (Å²) in [4.78, 5) is 39.7. The van der Waals surface area contributed by atoms with Gasteiger partial charge in [0.25, 0.3) is 11.8 Å². The Balaban J connectivity index is 1.98. The highest BCUT2D eigenvalue weighted by Gasteiger charge is 2.34. The zero-order chi connectivity index (χ0) is 29.9. The first-order valence-corrected chi connectivity index (χ1v) is 13.7. The first-order valence-electron chi connectivity index (χ1n) is 12.5. The number of amides is 2.